The van der Waals surface area contributed by atoms with Gasteiger partial charge in [-0.25, -0.2) is 4.79 Å². The molecule has 0 saturated carbocycles. The second kappa shape index (κ2) is 10.4. The molecule has 8 nitrogen and oxygen atoms in total. The molecule has 0 fully saturated rings. The second-order valence-electron chi connectivity index (χ2n) is 5.60. The van der Waals surface area contributed by atoms with E-state index in [-0.39, 0.29) is 17.7 Å². The van der Waals surface area contributed by atoms with E-state index in [0.29, 0.717) is 22.9 Å². The minimum Gasteiger partial charge on any atom is -0.497 e. The first-order chi connectivity index (χ1) is 14.0. The third kappa shape index (κ3) is 5.49. The molecule has 29 heavy (non-hydrogen) atoms. The number of nitrogens with one attached hydrogen (secondary N) is 2. The van der Waals surface area contributed by atoms with Crippen molar-refractivity contribution in [2.45, 2.75) is 6.92 Å². The van der Waals surface area contributed by atoms with Crippen LogP contribution in [-0.2, 0) is 9.53 Å². The standard InChI is InChI=1S/C21H21N3O5/c1-4-29-21(26)16-7-5-6-8-17(16)23-13-14(12-22)20(25)24-18-11-15(27-2)9-10-19(18)28-3/h5-11,13,23H,4H2,1-3H3,(H,24,25)/b14-13-. The summed E-state index contributed by atoms with van der Waals surface area (Å²) in [6.45, 7) is 1.94. The molecule has 0 spiro atoms. The summed E-state index contributed by atoms with van der Waals surface area (Å²) in [7, 11) is 2.96. The lowest BCUT2D eigenvalue weighted by Crippen LogP contribution is -2.15. The zero-order valence-electron chi connectivity index (χ0n) is 16.3. The van der Waals surface area contributed by atoms with Gasteiger partial charge in [-0.15, -0.1) is 0 Å². The van der Waals surface area contributed by atoms with Crippen LogP contribution in [0.25, 0.3) is 0 Å². The summed E-state index contributed by atoms with van der Waals surface area (Å²) in [5, 5.41) is 14.8. The van der Waals surface area contributed by atoms with E-state index in [0.717, 1.165) is 0 Å². The Kier molecular flexibility index (Phi) is 7.62. The highest BCUT2D eigenvalue weighted by atomic mass is 16.5. The van der Waals surface area contributed by atoms with Gasteiger partial charge in [0.25, 0.3) is 5.91 Å². The van der Waals surface area contributed by atoms with Gasteiger partial charge in [0.1, 0.15) is 23.1 Å². The third-order valence-corrected chi connectivity index (χ3v) is 3.81. The van der Waals surface area contributed by atoms with Crippen LogP contribution in [0.1, 0.15) is 17.3 Å². The molecule has 0 aliphatic heterocycles. The SMILES string of the molecule is CCOC(=O)c1ccccc1N/C=C(/C#N)C(=O)Nc1cc(OC)ccc1OC. The van der Waals surface area contributed by atoms with Crippen LogP contribution in [-0.4, -0.2) is 32.7 Å². The van der Waals surface area contributed by atoms with Crippen LogP contribution in [0.2, 0.25) is 0 Å². The van der Waals surface area contributed by atoms with Gasteiger partial charge in [-0.3, -0.25) is 4.79 Å². The second-order valence-corrected chi connectivity index (χ2v) is 5.60. The van der Waals surface area contributed by atoms with Crippen LogP contribution in [0.3, 0.4) is 0 Å². The Morgan fingerprint density at radius 1 is 1.10 bits per heavy atom. The summed E-state index contributed by atoms with van der Waals surface area (Å²) >= 11 is 0. The Labute approximate surface area is 168 Å². The van der Waals surface area contributed by atoms with Crippen molar-refractivity contribution in [1.82, 2.24) is 0 Å². The maximum Gasteiger partial charge on any atom is 0.340 e. The number of hydrogen-bond acceptors (Lipinski definition) is 7. The maximum absolute atomic E-state index is 12.5. The lowest BCUT2D eigenvalue weighted by molar-refractivity contribution is -0.112. The summed E-state index contributed by atoms with van der Waals surface area (Å²) in [5.74, 6) is -0.227. The zero-order chi connectivity index (χ0) is 21.2. The van der Waals surface area contributed by atoms with Gasteiger partial charge in [0, 0.05) is 12.3 Å². The van der Waals surface area contributed by atoms with Gasteiger partial charge in [0.05, 0.1) is 37.8 Å². The Morgan fingerprint density at radius 3 is 2.52 bits per heavy atom. The van der Waals surface area contributed by atoms with E-state index in [1.54, 1.807) is 49.4 Å². The normalized spacial score (nSPS) is 10.5. The molecule has 8 heteroatoms. The summed E-state index contributed by atoms with van der Waals surface area (Å²) in [4.78, 5) is 24.6. The number of anilines is 2. The molecular weight excluding hydrogens is 374 g/mol. The van der Waals surface area contributed by atoms with Crippen LogP contribution < -0.4 is 20.1 Å². The fourth-order valence-electron chi connectivity index (χ4n) is 2.40. The maximum atomic E-state index is 12.5. The highest BCUT2D eigenvalue weighted by Crippen LogP contribution is 2.29. The number of carbonyl (C=O) groups excluding carboxylic acids is 2. The van der Waals surface area contributed by atoms with Crippen molar-refractivity contribution in [2.24, 2.45) is 0 Å². The van der Waals surface area contributed by atoms with Crippen molar-refractivity contribution in [3.05, 3.63) is 59.8 Å². The predicted octanol–water partition coefficient (Wildman–Crippen LogP) is 3.34. The zero-order valence-corrected chi connectivity index (χ0v) is 16.3. The van der Waals surface area contributed by atoms with Crippen molar-refractivity contribution < 1.29 is 23.8 Å². The topological polar surface area (TPSA) is 110 Å². The largest absolute Gasteiger partial charge is 0.497 e. The number of esters is 1. The molecule has 0 heterocycles. The fraction of sp³-hybridized carbons (Fsp3) is 0.190. The van der Waals surface area contributed by atoms with E-state index >= 15 is 0 Å². The number of methoxy groups -OCH3 is 2. The third-order valence-electron chi connectivity index (χ3n) is 3.81. The molecule has 0 radical (unpaired) electrons. The molecule has 150 valence electrons. The number of carbonyl (C=O) groups is 2. The van der Waals surface area contributed by atoms with Gasteiger partial charge < -0.3 is 24.8 Å². The summed E-state index contributed by atoms with van der Waals surface area (Å²) in [5.41, 5.74) is 0.849. The molecule has 0 saturated heterocycles. The van der Waals surface area contributed by atoms with Crippen LogP contribution in [0.15, 0.2) is 54.2 Å². The average molecular weight is 395 g/mol. The van der Waals surface area contributed by atoms with Gasteiger partial charge in [0.2, 0.25) is 0 Å². The smallest absolute Gasteiger partial charge is 0.340 e. The molecule has 0 aliphatic carbocycles. The van der Waals surface area contributed by atoms with Gasteiger partial charge >= 0.3 is 5.97 Å². The summed E-state index contributed by atoms with van der Waals surface area (Å²) in [6.07, 6.45) is 1.22. The molecule has 2 aromatic rings. The van der Waals surface area contributed by atoms with E-state index in [1.807, 2.05) is 6.07 Å². The Hall–Kier alpha value is -3.99. The predicted molar refractivity (Wildman–Crippen MR) is 108 cm³/mol. The number of hydrogen-bond donors (Lipinski definition) is 2. The molecule has 0 bridgehead atoms. The van der Waals surface area contributed by atoms with E-state index < -0.39 is 11.9 Å². The van der Waals surface area contributed by atoms with E-state index in [9.17, 15) is 14.9 Å². The van der Waals surface area contributed by atoms with Gasteiger partial charge in [-0.2, -0.15) is 5.26 Å². The molecule has 2 N–H and O–H groups in total. The summed E-state index contributed by atoms with van der Waals surface area (Å²) < 4.78 is 15.4. The first kappa shape index (κ1) is 21.3. The van der Waals surface area contributed by atoms with Crippen LogP contribution in [0.4, 0.5) is 11.4 Å². The Morgan fingerprint density at radius 2 is 1.86 bits per heavy atom. The van der Waals surface area contributed by atoms with E-state index in [1.165, 1.54) is 20.4 Å². The number of nitrogens with zero attached hydrogens (tertiary/aromatic N) is 1. The first-order valence-electron chi connectivity index (χ1n) is 8.70. The minimum atomic E-state index is -0.653. The van der Waals surface area contributed by atoms with Crippen molar-refractivity contribution >= 4 is 23.3 Å². The fourth-order valence-corrected chi connectivity index (χ4v) is 2.40. The van der Waals surface area contributed by atoms with Crippen LogP contribution in [0, 0.1) is 11.3 Å². The number of rotatable bonds is 8. The average Bonchev–Trinajstić information content (AvgIpc) is 2.74. The van der Waals surface area contributed by atoms with E-state index in [4.69, 9.17) is 14.2 Å². The number of para-hydroxylation sites is 1. The van der Waals surface area contributed by atoms with Crippen LogP contribution >= 0.6 is 0 Å². The number of ether oxygens (including phenoxy) is 3. The molecule has 1 amide bonds. The molecule has 0 unspecified atom stereocenters. The Bertz CT molecular complexity index is 963. The summed E-state index contributed by atoms with van der Waals surface area (Å²) in [6, 6.07) is 13.4. The van der Waals surface area contributed by atoms with Gasteiger partial charge in [-0.1, -0.05) is 12.1 Å². The molecule has 0 atom stereocenters. The molecular formula is C21H21N3O5. The number of benzene rings is 2. The monoisotopic (exact) mass is 395 g/mol. The Balaban J connectivity index is 2.22. The van der Waals surface area contributed by atoms with Gasteiger partial charge in [0.15, 0.2) is 0 Å². The lowest BCUT2D eigenvalue weighted by atomic mass is 10.1. The highest BCUT2D eigenvalue weighted by Gasteiger charge is 2.15. The van der Waals surface area contributed by atoms with Crippen LogP contribution in [0.5, 0.6) is 11.5 Å². The molecule has 0 aromatic heterocycles. The van der Waals surface area contributed by atoms with Crippen molar-refractivity contribution in [1.29, 1.82) is 5.26 Å². The van der Waals surface area contributed by atoms with Crippen molar-refractivity contribution in [3.63, 3.8) is 0 Å². The molecule has 2 rings (SSSR count). The minimum absolute atomic E-state index is 0.200. The first-order valence-corrected chi connectivity index (χ1v) is 8.70. The number of amides is 1. The molecule has 2 aromatic carbocycles. The van der Waals surface area contributed by atoms with Crippen molar-refractivity contribution in [3.8, 4) is 17.6 Å². The van der Waals surface area contributed by atoms with Gasteiger partial charge in [-0.05, 0) is 31.2 Å². The van der Waals surface area contributed by atoms with Crippen molar-refractivity contribution in [2.75, 3.05) is 31.5 Å². The quantitative estimate of drug-likeness (QED) is 0.401. The van der Waals surface area contributed by atoms with E-state index in [2.05, 4.69) is 10.6 Å². The lowest BCUT2D eigenvalue weighted by Gasteiger charge is -2.12. The molecule has 0 aliphatic rings. The number of nitriles is 1. The highest BCUT2D eigenvalue weighted by molar-refractivity contribution is 6.07.